The van der Waals surface area contributed by atoms with E-state index in [1.54, 1.807) is 0 Å². The number of anilines is 3. The Hall–Kier alpha value is -7.94. The van der Waals surface area contributed by atoms with E-state index >= 15 is 0 Å². The van der Waals surface area contributed by atoms with E-state index in [0.717, 1.165) is 22.7 Å². The minimum Gasteiger partial charge on any atom is -0.310 e. The zero-order chi connectivity index (χ0) is 44.3. The molecule has 10 aromatic carbocycles. The smallest absolute Gasteiger partial charge is 0.0568 e. The molecule has 66 heavy (non-hydrogen) atoms. The number of hydrogen-bond donors (Lipinski definition) is 0. The molecule has 314 valence electrons. The molecule has 0 saturated carbocycles. The molecule has 2 nitrogen and oxygen atoms in total. The van der Waals surface area contributed by atoms with Gasteiger partial charge in [-0.2, -0.15) is 0 Å². The second-order valence-electron chi connectivity index (χ2n) is 19.3. The van der Waals surface area contributed by atoms with Crippen molar-refractivity contribution in [3.8, 4) is 50.2 Å². The summed E-state index contributed by atoms with van der Waals surface area (Å²) in [5, 5.41) is 5.00. The van der Waals surface area contributed by atoms with Gasteiger partial charge in [0.2, 0.25) is 0 Å². The van der Waals surface area contributed by atoms with E-state index in [1.165, 1.54) is 99.3 Å². The standard InChI is InChI=1S/C64H48N2/c1-63(2)55-25-15-13-21-48(55)50-36-35-47(37-57(50)63)65(45-31-27-43(28-32-45)41-17-7-5-8-18-41)60-40-61-62(52-24-12-11-23-51(52)60)54-38-58-53(49-22-14-16-26-56(49)64(58,3)4)39-59(54)66(61)46-33-29-44(30-34-46)42-19-9-6-10-20-42/h5-40H,1-4H3. The van der Waals surface area contributed by atoms with Gasteiger partial charge in [0, 0.05) is 44.1 Å². The summed E-state index contributed by atoms with van der Waals surface area (Å²) >= 11 is 0. The molecule has 0 spiro atoms. The fraction of sp³-hybridized carbons (Fsp3) is 0.0938. The Morgan fingerprint density at radius 2 is 0.818 bits per heavy atom. The normalized spacial score (nSPS) is 14.0. The highest BCUT2D eigenvalue weighted by atomic mass is 15.1. The quantitative estimate of drug-likeness (QED) is 0.162. The van der Waals surface area contributed by atoms with Crippen LogP contribution < -0.4 is 4.90 Å². The van der Waals surface area contributed by atoms with Crippen molar-refractivity contribution >= 4 is 49.6 Å². The van der Waals surface area contributed by atoms with Crippen LogP contribution in [0.4, 0.5) is 17.1 Å². The molecule has 2 aliphatic rings. The minimum atomic E-state index is -0.151. The predicted octanol–water partition coefficient (Wildman–Crippen LogP) is 17.4. The van der Waals surface area contributed by atoms with E-state index < -0.39 is 0 Å². The van der Waals surface area contributed by atoms with E-state index in [1.807, 2.05) is 0 Å². The molecule has 1 aromatic heterocycles. The summed E-state index contributed by atoms with van der Waals surface area (Å²) < 4.78 is 2.53. The Kier molecular flexibility index (Phi) is 8.33. The number of nitrogens with zero attached hydrogens (tertiary/aromatic N) is 2. The first kappa shape index (κ1) is 38.5. The monoisotopic (exact) mass is 844 g/mol. The highest BCUT2D eigenvalue weighted by Gasteiger charge is 2.38. The van der Waals surface area contributed by atoms with Gasteiger partial charge in [-0.1, -0.05) is 191 Å². The molecule has 11 aromatic rings. The molecule has 2 heteroatoms. The SMILES string of the molecule is CC1(C)c2ccccc2-c2ccc(N(c3ccc(-c4ccccc4)cc3)c3cc4c(c5ccccc35)c3cc5c(cc3n4-c3ccc(-c4ccccc4)cc3)-c3ccccc3C5(C)C)cc21. The maximum atomic E-state index is 2.53. The fourth-order valence-corrected chi connectivity index (χ4v) is 11.6. The predicted molar refractivity (Wildman–Crippen MR) is 279 cm³/mol. The molecule has 0 unspecified atom stereocenters. The van der Waals surface area contributed by atoms with E-state index in [0.29, 0.717) is 0 Å². The second kappa shape index (κ2) is 14.3. The maximum absolute atomic E-state index is 2.53. The number of benzene rings is 10. The van der Waals surface area contributed by atoms with Crippen LogP contribution in [-0.2, 0) is 10.8 Å². The van der Waals surface area contributed by atoms with Crippen LogP contribution in [0.3, 0.4) is 0 Å². The highest BCUT2D eigenvalue weighted by molar-refractivity contribution is 6.25. The van der Waals surface area contributed by atoms with Crippen molar-refractivity contribution in [3.63, 3.8) is 0 Å². The third-order valence-corrected chi connectivity index (χ3v) is 15.0. The van der Waals surface area contributed by atoms with Crippen LogP contribution >= 0.6 is 0 Å². The first-order valence-corrected chi connectivity index (χ1v) is 23.3. The molecule has 0 bridgehead atoms. The highest BCUT2D eigenvalue weighted by Crippen LogP contribution is 2.54. The number of aromatic nitrogens is 1. The molecule has 0 amide bonds. The summed E-state index contributed by atoms with van der Waals surface area (Å²) in [6, 6.07) is 81.4. The minimum absolute atomic E-state index is 0.134. The van der Waals surface area contributed by atoms with Crippen LogP contribution in [0.1, 0.15) is 49.9 Å². The summed E-state index contributed by atoms with van der Waals surface area (Å²) in [5.41, 5.74) is 22.2. The first-order valence-electron chi connectivity index (χ1n) is 23.3. The van der Waals surface area contributed by atoms with Crippen LogP contribution in [-0.4, -0.2) is 4.57 Å². The Balaban J connectivity index is 1.11. The molecular weight excluding hydrogens is 797 g/mol. The molecule has 0 atom stereocenters. The van der Waals surface area contributed by atoms with E-state index in [-0.39, 0.29) is 10.8 Å². The molecule has 0 aliphatic heterocycles. The van der Waals surface area contributed by atoms with Gasteiger partial charge in [0.25, 0.3) is 0 Å². The Morgan fingerprint density at radius 3 is 1.45 bits per heavy atom. The van der Waals surface area contributed by atoms with Crippen LogP contribution in [0, 0.1) is 0 Å². The fourth-order valence-electron chi connectivity index (χ4n) is 11.6. The van der Waals surface area contributed by atoms with Gasteiger partial charge in [-0.15, -0.1) is 0 Å². The van der Waals surface area contributed by atoms with Gasteiger partial charge in [-0.25, -0.2) is 0 Å². The molecule has 0 radical (unpaired) electrons. The van der Waals surface area contributed by atoms with Crippen LogP contribution in [0.2, 0.25) is 0 Å². The first-order chi connectivity index (χ1) is 32.3. The van der Waals surface area contributed by atoms with Gasteiger partial charge in [0.15, 0.2) is 0 Å². The summed E-state index contributed by atoms with van der Waals surface area (Å²) in [4.78, 5) is 2.51. The van der Waals surface area contributed by atoms with Gasteiger partial charge >= 0.3 is 0 Å². The van der Waals surface area contributed by atoms with E-state index in [4.69, 9.17) is 0 Å². The maximum Gasteiger partial charge on any atom is 0.0568 e. The van der Waals surface area contributed by atoms with Crippen LogP contribution in [0.5, 0.6) is 0 Å². The van der Waals surface area contributed by atoms with Crippen molar-refractivity contribution in [3.05, 3.63) is 241 Å². The van der Waals surface area contributed by atoms with Crippen LogP contribution in [0.15, 0.2) is 218 Å². The lowest BCUT2D eigenvalue weighted by molar-refractivity contribution is 0.660. The van der Waals surface area contributed by atoms with Crippen molar-refractivity contribution in [2.75, 3.05) is 4.90 Å². The zero-order valence-corrected chi connectivity index (χ0v) is 37.7. The Bertz CT molecular complexity index is 3720. The summed E-state index contributed by atoms with van der Waals surface area (Å²) in [5.74, 6) is 0. The Morgan fingerprint density at radius 1 is 0.333 bits per heavy atom. The van der Waals surface area contributed by atoms with Crippen molar-refractivity contribution < 1.29 is 0 Å². The largest absolute Gasteiger partial charge is 0.310 e. The van der Waals surface area contributed by atoms with Crippen molar-refractivity contribution in [1.82, 2.24) is 4.57 Å². The summed E-state index contributed by atoms with van der Waals surface area (Å²) in [6.07, 6.45) is 0. The lowest BCUT2D eigenvalue weighted by Crippen LogP contribution is -2.16. The molecule has 0 N–H and O–H groups in total. The Labute approximate surface area is 386 Å². The van der Waals surface area contributed by atoms with Crippen molar-refractivity contribution in [2.45, 2.75) is 38.5 Å². The van der Waals surface area contributed by atoms with Crippen molar-refractivity contribution in [2.24, 2.45) is 0 Å². The van der Waals surface area contributed by atoms with Gasteiger partial charge < -0.3 is 9.47 Å². The lowest BCUT2D eigenvalue weighted by Gasteiger charge is -2.29. The molecule has 0 fully saturated rings. The van der Waals surface area contributed by atoms with Gasteiger partial charge in [-0.3, -0.25) is 0 Å². The third-order valence-electron chi connectivity index (χ3n) is 15.0. The lowest BCUT2D eigenvalue weighted by atomic mass is 9.82. The van der Waals surface area contributed by atoms with E-state index in [9.17, 15) is 0 Å². The molecule has 13 rings (SSSR count). The number of hydrogen-bond acceptors (Lipinski definition) is 1. The zero-order valence-electron chi connectivity index (χ0n) is 37.7. The van der Waals surface area contributed by atoms with Gasteiger partial charge in [0.05, 0.1) is 16.7 Å². The van der Waals surface area contributed by atoms with Gasteiger partial charge in [-0.05, 0) is 127 Å². The molecular formula is C64H48N2. The average molecular weight is 845 g/mol. The average Bonchev–Trinajstić information content (AvgIpc) is 3.90. The van der Waals surface area contributed by atoms with E-state index in [2.05, 4.69) is 256 Å². The van der Waals surface area contributed by atoms with Crippen LogP contribution in [0.25, 0.3) is 82.8 Å². The number of fused-ring (bicyclic) bond motifs is 11. The molecule has 0 saturated heterocycles. The van der Waals surface area contributed by atoms with Gasteiger partial charge in [0.1, 0.15) is 0 Å². The van der Waals surface area contributed by atoms with Crippen molar-refractivity contribution in [1.29, 1.82) is 0 Å². The summed E-state index contributed by atoms with van der Waals surface area (Å²) in [6.45, 7) is 9.53. The number of rotatable bonds is 6. The molecule has 1 heterocycles. The summed E-state index contributed by atoms with van der Waals surface area (Å²) in [7, 11) is 0. The molecule has 2 aliphatic carbocycles. The third kappa shape index (κ3) is 5.61. The second-order valence-corrected chi connectivity index (χ2v) is 19.3. The topological polar surface area (TPSA) is 8.17 Å².